The molecule has 0 aromatic carbocycles. The Kier molecular flexibility index (Phi) is 1.73. The van der Waals surface area contributed by atoms with Gasteiger partial charge >= 0.3 is 6.18 Å². The number of aryl methyl sites for hydroxylation is 1. The average Bonchev–Trinajstić information content (AvgIpc) is 2.47. The van der Waals surface area contributed by atoms with Crippen molar-refractivity contribution in [2.24, 2.45) is 0 Å². The van der Waals surface area contributed by atoms with Gasteiger partial charge in [-0.1, -0.05) is 6.07 Å². The summed E-state index contributed by atoms with van der Waals surface area (Å²) < 4.78 is 38.0. The minimum Gasteiger partial charge on any atom is -0.279 e. The number of hydrogen-bond acceptors (Lipinski definition) is 2. The largest absolute Gasteiger partial charge is 0.452 e. The number of aromatic nitrogens is 3. The van der Waals surface area contributed by atoms with E-state index in [0.717, 1.165) is 4.40 Å². The topological polar surface area (TPSA) is 30.2 Å². The third kappa shape index (κ3) is 1.23. The standard InChI is InChI=1S/C8H6F3N3/c1-5-3-2-4-14-6(5)12-13-7(14)8(9,10)11/h2-4H,1H3. The third-order valence-corrected chi connectivity index (χ3v) is 1.88. The van der Waals surface area contributed by atoms with Crippen LogP contribution in [-0.4, -0.2) is 14.6 Å². The normalized spacial score (nSPS) is 12.3. The summed E-state index contributed by atoms with van der Waals surface area (Å²) in [7, 11) is 0. The Balaban J connectivity index is 2.76. The van der Waals surface area contributed by atoms with E-state index in [4.69, 9.17) is 0 Å². The lowest BCUT2D eigenvalue weighted by atomic mass is 10.3. The maximum Gasteiger partial charge on any atom is 0.452 e. The van der Waals surface area contributed by atoms with E-state index in [0.29, 0.717) is 5.56 Å². The van der Waals surface area contributed by atoms with Gasteiger partial charge in [0.1, 0.15) is 0 Å². The van der Waals surface area contributed by atoms with Gasteiger partial charge in [-0.15, -0.1) is 10.2 Å². The van der Waals surface area contributed by atoms with Crippen LogP contribution in [0.15, 0.2) is 18.3 Å². The SMILES string of the molecule is Cc1cccn2c(C(F)(F)F)nnc12. The van der Waals surface area contributed by atoms with Gasteiger partial charge in [0.05, 0.1) is 0 Å². The van der Waals surface area contributed by atoms with Gasteiger partial charge in [0.15, 0.2) is 5.65 Å². The quantitative estimate of drug-likeness (QED) is 0.653. The molecule has 0 aliphatic carbocycles. The van der Waals surface area contributed by atoms with Gasteiger partial charge in [0.25, 0.3) is 0 Å². The predicted octanol–water partition coefficient (Wildman–Crippen LogP) is 2.06. The van der Waals surface area contributed by atoms with Crippen molar-refractivity contribution in [3.05, 3.63) is 29.7 Å². The van der Waals surface area contributed by atoms with Crippen molar-refractivity contribution in [3.63, 3.8) is 0 Å². The van der Waals surface area contributed by atoms with Crippen LogP contribution in [-0.2, 0) is 6.18 Å². The second-order valence-electron chi connectivity index (χ2n) is 2.91. The summed E-state index contributed by atoms with van der Waals surface area (Å²) in [5.74, 6) is -0.990. The van der Waals surface area contributed by atoms with Crippen molar-refractivity contribution >= 4 is 5.65 Å². The molecule has 3 nitrogen and oxygen atoms in total. The van der Waals surface area contributed by atoms with Gasteiger partial charge in [-0.2, -0.15) is 13.2 Å². The lowest BCUT2D eigenvalue weighted by Gasteiger charge is -2.03. The number of alkyl halides is 3. The molecular formula is C8H6F3N3. The predicted molar refractivity (Wildman–Crippen MR) is 42.7 cm³/mol. The fourth-order valence-corrected chi connectivity index (χ4v) is 1.24. The first-order valence-electron chi connectivity index (χ1n) is 3.87. The molecule has 6 heteroatoms. The Morgan fingerprint density at radius 3 is 2.64 bits per heavy atom. The summed E-state index contributed by atoms with van der Waals surface area (Å²) in [6, 6.07) is 3.21. The molecule has 2 heterocycles. The van der Waals surface area contributed by atoms with Crippen LogP contribution in [0.3, 0.4) is 0 Å². The molecule has 2 rings (SSSR count). The highest BCUT2D eigenvalue weighted by Crippen LogP contribution is 2.28. The van der Waals surface area contributed by atoms with Crippen LogP contribution in [0.2, 0.25) is 0 Å². The molecule has 2 aromatic heterocycles. The zero-order valence-electron chi connectivity index (χ0n) is 7.21. The molecule has 14 heavy (non-hydrogen) atoms. The second-order valence-corrected chi connectivity index (χ2v) is 2.91. The van der Waals surface area contributed by atoms with Crippen molar-refractivity contribution in [3.8, 4) is 0 Å². The van der Waals surface area contributed by atoms with E-state index < -0.39 is 12.0 Å². The van der Waals surface area contributed by atoms with Crippen LogP contribution in [0.4, 0.5) is 13.2 Å². The Hall–Kier alpha value is -1.59. The molecular weight excluding hydrogens is 195 g/mol. The molecule has 0 unspecified atom stereocenters. The molecule has 0 atom stereocenters. The van der Waals surface area contributed by atoms with Crippen LogP contribution in [0, 0.1) is 6.92 Å². The highest BCUT2D eigenvalue weighted by Gasteiger charge is 2.36. The zero-order chi connectivity index (χ0) is 10.3. The summed E-state index contributed by atoms with van der Waals surface area (Å²) in [4.78, 5) is 0. The highest BCUT2D eigenvalue weighted by atomic mass is 19.4. The van der Waals surface area contributed by atoms with Crippen LogP contribution in [0.1, 0.15) is 11.4 Å². The van der Waals surface area contributed by atoms with Gasteiger partial charge < -0.3 is 0 Å². The lowest BCUT2D eigenvalue weighted by molar-refractivity contribution is -0.145. The maximum absolute atomic E-state index is 12.4. The van der Waals surface area contributed by atoms with Gasteiger partial charge in [-0.25, -0.2) is 0 Å². The molecule has 0 radical (unpaired) electrons. The van der Waals surface area contributed by atoms with E-state index in [1.54, 1.807) is 13.0 Å². The average molecular weight is 201 g/mol. The Bertz CT molecular complexity index is 472. The number of halogens is 3. The fraction of sp³-hybridized carbons (Fsp3) is 0.250. The van der Waals surface area contributed by atoms with E-state index in [2.05, 4.69) is 10.2 Å². The van der Waals surface area contributed by atoms with Gasteiger partial charge in [-0.05, 0) is 18.6 Å². The summed E-state index contributed by atoms with van der Waals surface area (Å²) in [6.07, 6.45) is -3.17. The molecule has 0 saturated heterocycles. The minimum absolute atomic E-state index is 0.236. The minimum atomic E-state index is -4.47. The van der Waals surface area contributed by atoms with Crippen LogP contribution in [0.25, 0.3) is 5.65 Å². The molecule has 0 N–H and O–H groups in total. The summed E-state index contributed by atoms with van der Waals surface area (Å²) in [6.45, 7) is 1.68. The Labute approximate surface area is 77.2 Å². The first-order chi connectivity index (χ1) is 6.50. The monoisotopic (exact) mass is 201 g/mol. The number of nitrogens with zero attached hydrogens (tertiary/aromatic N) is 3. The molecule has 0 amide bonds. The maximum atomic E-state index is 12.4. The molecule has 0 spiro atoms. The van der Waals surface area contributed by atoms with Crippen molar-refractivity contribution in [2.75, 3.05) is 0 Å². The van der Waals surface area contributed by atoms with Gasteiger partial charge in [-0.3, -0.25) is 4.40 Å². The Morgan fingerprint density at radius 1 is 1.29 bits per heavy atom. The van der Waals surface area contributed by atoms with E-state index in [1.807, 2.05) is 0 Å². The number of rotatable bonds is 0. The van der Waals surface area contributed by atoms with Gasteiger partial charge in [0, 0.05) is 6.20 Å². The van der Waals surface area contributed by atoms with E-state index in [1.165, 1.54) is 12.3 Å². The number of pyridine rings is 1. The Morgan fingerprint density at radius 2 is 2.00 bits per heavy atom. The summed E-state index contributed by atoms with van der Waals surface area (Å²) in [5, 5.41) is 6.59. The number of hydrogen-bond donors (Lipinski definition) is 0. The van der Waals surface area contributed by atoms with Crippen molar-refractivity contribution in [2.45, 2.75) is 13.1 Å². The zero-order valence-corrected chi connectivity index (χ0v) is 7.21. The first-order valence-corrected chi connectivity index (χ1v) is 3.87. The molecule has 0 aliphatic heterocycles. The van der Waals surface area contributed by atoms with Crippen molar-refractivity contribution < 1.29 is 13.2 Å². The van der Waals surface area contributed by atoms with Crippen molar-refractivity contribution in [1.29, 1.82) is 0 Å². The van der Waals surface area contributed by atoms with E-state index >= 15 is 0 Å². The second kappa shape index (κ2) is 2.70. The summed E-state index contributed by atoms with van der Waals surface area (Å²) in [5.41, 5.74) is 0.898. The number of fused-ring (bicyclic) bond motifs is 1. The van der Waals surface area contributed by atoms with Crippen molar-refractivity contribution in [1.82, 2.24) is 14.6 Å². The third-order valence-electron chi connectivity index (χ3n) is 1.88. The van der Waals surface area contributed by atoms with Crippen LogP contribution >= 0.6 is 0 Å². The molecule has 0 bridgehead atoms. The molecule has 0 fully saturated rings. The first kappa shape index (κ1) is 8.98. The molecule has 0 saturated carbocycles. The molecule has 0 aliphatic rings. The van der Waals surface area contributed by atoms with E-state index in [-0.39, 0.29) is 5.65 Å². The van der Waals surface area contributed by atoms with Crippen LogP contribution in [0.5, 0.6) is 0 Å². The highest BCUT2D eigenvalue weighted by molar-refractivity contribution is 5.46. The summed E-state index contributed by atoms with van der Waals surface area (Å²) >= 11 is 0. The molecule has 74 valence electrons. The smallest absolute Gasteiger partial charge is 0.279 e. The fourth-order valence-electron chi connectivity index (χ4n) is 1.24. The van der Waals surface area contributed by atoms with Crippen LogP contribution < -0.4 is 0 Å². The molecule has 2 aromatic rings. The van der Waals surface area contributed by atoms with E-state index in [9.17, 15) is 13.2 Å². The lowest BCUT2D eigenvalue weighted by Crippen LogP contribution is -2.10. The van der Waals surface area contributed by atoms with Gasteiger partial charge in [0.2, 0.25) is 5.82 Å².